The Morgan fingerprint density at radius 3 is 3.00 bits per heavy atom. The van der Waals surface area contributed by atoms with E-state index in [1.54, 1.807) is 12.1 Å². The number of carbonyl (C=O) groups excluding carboxylic acids is 1. The van der Waals surface area contributed by atoms with Crippen molar-refractivity contribution in [2.45, 2.75) is 26.3 Å². The molecule has 19 heavy (non-hydrogen) atoms. The molecule has 0 saturated carbocycles. The molecule has 0 atom stereocenters. The Morgan fingerprint density at radius 2 is 2.26 bits per heavy atom. The summed E-state index contributed by atoms with van der Waals surface area (Å²) in [6.45, 7) is 2.59. The van der Waals surface area contributed by atoms with Crippen LogP contribution in [-0.4, -0.2) is 20.8 Å². The van der Waals surface area contributed by atoms with Crippen molar-refractivity contribution in [1.29, 1.82) is 0 Å². The van der Waals surface area contributed by atoms with E-state index in [2.05, 4.69) is 10.3 Å². The molecule has 100 valence electrons. The fourth-order valence-electron chi connectivity index (χ4n) is 1.80. The van der Waals surface area contributed by atoms with Crippen molar-refractivity contribution in [3.63, 3.8) is 0 Å². The Kier molecular flexibility index (Phi) is 4.27. The minimum Gasteiger partial charge on any atom is -0.292 e. The number of aromatic nitrogens is 3. The predicted molar refractivity (Wildman–Crippen MR) is 69.8 cm³/mol. The first-order valence-electron chi connectivity index (χ1n) is 5.98. The van der Waals surface area contributed by atoms with E-state index in [1.165, 1.54) is 16.9 Å². The highest BCUT2D eigenvalue weighted by atomic mass is 35.5. The number of nitrogens with zero attached hydrogens (tertiary/aromatic N) is 3. The Morgan fingerprint density at radius 1 is 1.47 bits per heavy atom. The van der Waals surface area contributed by atoms with Gasteiger partial charge in [0, 0.05) is 13.0 Å². The lowest BCUT2D eigenvalue weighted by molar-refractivity contribution is 0.0981. The van der Waals surface area contributed by atoms with Crippen LogP contribution in [0.3, 0.4) is 0 Å². The first kappa shape index (κ1) is 13.7. The number of rotatable bonds is 5. The monoisotopic (exact) mass is 281 g/mol. The third-order valence-electron chi connectivity index (χ3n) is 2.72. The number of hydrogen-bond donors (Lipinski definition) is 0. The number of benzene rings is 1. The highest BCUT2D eigenvalue weighted by Crippen LogP contribution is 2.19. The Bertz CT molecular complexity index is 597. The van der Waals surface area contributed by atoms with Crippen molar-refractivity contribution >= 4 is 17.4 Å². The average molecular weight is 282 g/mol. The summed E-state index contributed by atoms with van der Waals surface area (Å²) in [7, 11) is 0. The number of aryl methyl sites for hydroxylation is 1. The van der Waals surface area contributed by atoms with Crippen LogP contribution in [0.1, 0.15) is 29.4 Å². The van der Waals surface area contributed by atoms with Crippen molar-refractivity contribution in [3.8, 4) is 0 Å². The third-order valence-corrected chi connectivity index (χ3v) is 3.01. The zero-order valence-electron chi connectivity index (χ0n) is 10.4. The molecule has 1 aromatic carbocycles. The van der Waals surface area contributed by atoms with Crippen LogP contribution in [0, 0.1) is 5.82 Å². The number of Topliss-reactive ketones (excluding diaryl/α,β-unsaturated/α-hetero) is 1. The molecule has 1 heterocycles. The molecule has 0 unspecified atom stereocenters. The van der Waals surface area contributed by atoms with Gasteiger partial charge in [-0.1, -0.05) is 35.9 Å². The first-order chi connectivity index (χ1) is 9.13. The molecule has 0 radical (unpaired) electrons. The summed E-state index contributed by atoms with van der Waals surface area (Å²) in [4.78, 5) is 12.1. The van der Waals surface area contributed by atoms with Gasteiger partial charge < -0.3 is 0 Å². The molecule has 1 aromatic heterocycles. The Hall–Kier alpha value is -1.75. The molecule has 0 saturated heterocycles. The van der Waals surface area contributed by atoms with E-state index >= 15 is 0 Å². The van der Waals surface area contributed by atoms with Gasteiger partial charge in [-0.05, 0) is 18.1 Å². The normalized spacial score (nSPS) is 10.7. The van der Waals surface area contributed by atoms with E-state index in [4.69, 9.17) is 11.6 Å². The van der Waals surface area contributed by atoms with Crippen LogP contribution in [0.15, 0.2) is 24.4 Å². The molecule has 0 aliphatic carbocycles. The van der Waals surface area contributed by atoms with Gasteiger partial charge in [-0.15, -0.1) is 5.10 Å². The van der Waals surface area contributed by atoms with Gasteiger partial charge in [-0.2, -0.15) is 0 Å². The zero-order chi connectivity index (χ0) is 13.8. The quantitative estimate of drug-likeness (QED) is 0.792. The second kappa shape index (κ2) is 5.93. The van der Waals surface area contributed by atoms with E-state index in [-0.39, 0.29) is 22.8 Å². The minimum absolute atomic E-state index is 0.0190. The number of hydrogen-bond acceptors (Lipinski definition) is 3. The highest BCUT2D eigenvalue weighted by molar-refractivity contribution is 6.30. The van der Waals surface area contributed by atoms with Crippen LogP contribution in [0.5, 0.6) is 0 Å². The van der Waals surface area contributed by atoms with Crippen LogP contribution in [0.25, 0.3) is 0 Å². The van der Waals surface area contributed by atoms with E-state index < -0.39 is 5.82 Å². The van der Waals surface area contributed by atoms with Gasteiger partial charge in [0.2, 0.25) is 0 Å². The fourth-order valence-corrected chi connectivity index (χ4v) is 1.99. The summed E-state index contributed by atoms with van der Waals surface area (Å²) < 4.78 is 15.3. The second-order valence-electron chi connectivity index (χ2n) is 4.16. The standard InChI is InChI=1S/C13H13ClFN3O/c1-2-6-18-11(8-16-17-18)12(19)7-9-4-3-5-10(14)13(9)15/h3-5,8H,2,6-7H2,1H3. The first-order valence-corrected chi connectivity index (χ1v) is 6.35. The maximum absolute atomic E-state index is 13.7. The molecular weight excluding hydrogens is 269 g/mol. The molecule has 0 N–H and O–H groups in total. The van der Waals surface area contributed by atoms with Crippen LogP contribution in [-0.2, 0) is 13.0 Å². The second-order valence-corrected chi connectivity index (χ2v) is 4.56. The molecule has 0 amide bonds. The topological polar surface area (TPSA) is 47.8 Å². The van der Waals surface area contributed by atoms with Gasteiger partial charge in [-0.25, -0.2) is 9.07 Å². The lowest BCUT2D eigenvalue weighted by Crippen LogP contribution is -2.13. The molecule has 0 aliphatic rings. The molecular formula is C13H13ClFN3O. The maximum atomic E-state index is 13.7. The minimum atomic E-state index is -0.549. The molecule has 0 aliphatic heterocycles. The number of carbonyl (C=O) groups is 1. The predicted octanol–water partition coefficient (Wildman–Crippen LogP) is 2.91. The summed E-state index contributed by atoms with van der Waals surface area (Å²) in [6, 6.07) is 4.62. The molecule has 0 bridgehead atoms. The molecule has 2 aromatic rings. The van der Waals surface area contributed by atoms with Crippen LogP contribution >= 0.6 is 11.6 Å². The van der Waals surface area contributed by atoms with Gasteiger partial charge in [0.25, 0.3) is 0 Å². The number of ketones is 1. The Labute approximate surface area is 115 Å². The molecule has 0 fully saturated rings. The average Bonchev–Trinajstić information content (AvgIpc) is 2.84. The van der Waals surface area contributed by atoms with Crippen molar-refractivity contribution in [2.75, 3.05) is 0 Å². The van der Waals surface area contributed by atoms with Gasteiger partial charge in [0.05, 0.1) is 11.2 Å². The van der Waals surface area contributed by atoms with E-state index in [0.29, 0.717) is 12.2 Å². The summed E-state index contributed by atoms with van der Waals surface area (Å²) in [6.07, 6.45) is 2.19. The number of halogens is 2. The smallest absolute Gasteiger partial charge is 0.186 e. The SMILES string of the molecule is CCCn1nncc1C(=O)Cc1cccc(Cl)c1F. The van der Waals surface area contributed by atoms with E-state index in [0.717, 1.165) is 6.42 Å². The van der Waals surface area contributed by atoms with Crippen molar-refractivity contribution in [2.24, 2.45) is 0 Å². The highest BCUT2D eigenvalue weighted by Gasteiger charge is 2.16. The fraction of sp³-hybridized carbons (Fsp3) is 0.308. The Balaban J connectivity index is 2.21. The van der Waals surface area contributed by atoms with Crippen molar-refractivity contribution in [1.82, 2.24) is 15.0 Å². The van der Waals surface area contributed by atoms with Crippen molar-refractivity contribution in [3.05, 3.63) is 46.5 Å². The van der Waals surface area contributed by atoms with Crippen molar-refractivity contribution < 1.29 is 9.18 Å². The van der Waals surface area contributed by atoms with Crippen LogP contribution < -0.4 is 0 Å². The van der Waals surface area contributed by atoms with Crippen LogP contribution in [0.4, 0.5) is 4.39 Å². The maximum Gasteiger partial charge on any atom is 0.186 e. The van der Waals surface area contributed by atoms with Crippen LogP contribution in [0.2, 0.25) is 5.02 Å². The zero-order valence-corrected chi connectivity index (χ0v) is 11.2. The summed E-state index contributed by atoms with van der Waals surface area (Å²) in [5.41, 5.74) is 0.669. The van der Waals surface area contributed by atoms with Gasteiger partial charge >= 0.3 is 0 Å². The summed E-state index contributed by atoms with van der Waals surface area (Å²) in [5.74, 6) is -0.772. The van der Waals surface area contributed by atoms with Gasteiger partial charge in [-0.3, -0.25) is 4.79 Å². The van der Waals surface area contributed by atoms with Gasteiger partial charge in [0.1, 0.15) is 11.5 Å². The lowest BCUT2D eigenvalue weighted by atomic mass is 10.1. The summed E-state index contributed by atoms with van der Waals surface area (Å²) in [5, 5.41) is 7.57. The van der Waals surface area contributed by atoms with E-state index in [1.807, 2.05) is 6.92 Å². The molecule has 6 heteroatoms. The summed E-state index contributed by atoms with van der Waals surface area (Å²) >= 11 is 5.69. The van der Waals surface area contributed by atoms with Gasteiger partial charge in [0.15, 0.2) is 5.78 Å². The molecule has 2 rings (SSSR count). The largest absolute Gasteiger partial charge is 0.292 e. The molecule has 4 nitrogen and oxygen atoms in total. The van der Waals surface area contributed by atoms with E-state index in [9.17, 15) is 9.18 Å². The third kappa shape index (κ3) is 2.98. The lowest BCUT2D eigenvalue weighted by Gasteiger charge is -2.05. The molecule has 0 spiro atoms.